The first-order valence-electron chi connectivity index (χ1n) is 11.1. The van der Waals surface area contributed by atoms with Gasteiger partial charge in [0.25, 0.3) is 0 Å². The molecule has 160 valence electrons. The maximum atomic E-state index is 12.7. The zero-order valence-electron chi connectivity index (χ0n) is 19.5. The van der Waals surface area contributed by atoms with Crippen molar-refractivity contribution in [2.45, 2.75) is 73.9 Å². The summed E-state index contributed by atoms with van der Waals surface area (Å²) in [4.78, 5) is 17.6. The number of carbonyl (C=O) groups excluding carboxylic acids is 1. The molecule has 0 aliphatic heterocycles. The number of aryl methyl sites for hydroxylation is 2. The molecular weight excluding hydrogens is 370 g/mol. The monoisotopic (exact) mass is 405 g/mol. The van der Waals surface area contributed by atoms with Crippen LogP contribution in [0, 0.1) is 33.6 Å². The predicted molar refractivity (Wildman–Crippen MR) is 125 cm³/mol. The summed E-state index contributed by atoms with van der Waals surface area (Å²) in [7, 11) is 0. The second kappa shape index (κ2) is 9.03. The average Bonchev–Trinajstić information content (AvgIpc) is 3.09. The molecule has 0 aliphatic carbocycles. The van der Waals surface area contributed by atoms with E-state index in [0.717, 1.165) is 36.2 Å². The Morgan fingerprint density at radius 2 is 1.63 bits per heavy atom. The van der Waals surface area contributed by atoms with E-state index in [4.69, 9.17) is 4.98 Å². The van der Waals surface area contributed by atoms with Crippen LogP contribution in [-0.4, -0.2) is 15.5 Å². The van der Waals surface area contributed by atoms with Crippen molar-refractivity contribution in [3.8, 4) is 0 Å². The van der Waals surface area contributed by atoms with E-state index in [2.05, 4.69) is 69.6 Å². The van der Waals surface area contributed by atoms with Crippen molar-refractivity contribution >= 4 is 16.9 Å². The highest BCUT2D eigenvalue weighted by Gasteiger charge is 2.22. The van der Waals surface area contributed by atoms with Gasteiger partial charge in [0.15, 0.2) is 0 Å². The summed E-state index contributed by atoms with van der Waals surface area (Å²) in [5, 5.41) is 3.21. The van der Waals surface area contributed by atoms with Gasteiger partial charge in [-0.3, -0.25) is 4.79 Å². The number of hydrogen-bond acceptors (Lipinski definition) is 2. The van der Waals surface area contributed by atoms with Crippen molar-refractivity contribution in [3.05, 3.63) is 64.0 Å². The summed E-state index contributed by atoms with van der Waals surface area (Å²) in [6.45, 7) is 15.7. The van der Waals surface area contributed by atoms with Gasteiger partial charge >= 0.3 is 0 Å². The first-order valence-corrected chi connectivity index (χ1v) is 11.1. The van der Waals surface area contributed by atoms with Gasteiger partial charge in [0.05, 0.1) is 17.1 Å². The zero-order valence-corrected chi connectivity index (χ0v) is 19.5. The number of imidazole rings is 1. The van der Waals surface area contributed by atoms with Gasteiger partial charge in [-0.15, -0.1) is 0 Å². The molecule has 0 saturated carbocycles. The van der Waals surface area contributed by atoms with Gasteiger partial charge in [-0.2, -0.15) is 0 Å². The maximum absolute atomic E-state index is 12.7. The Bertz CT molecular complexity index is 1030. The van der Waals surface area contributed by atoms with Crippen molar-refractivity contribution in [2.24, 2.45) is 5.92 Å². The highest BCUT2D eigenvalue weighted by molar-refractivity contribution is 5.79. The van der Waals surface area contributed by atoms with Crippen LogP contribution in [0.4, 0.5) is 0 Å². The van der Waals surface area contributed by atoms with Crippen LogP contribution in [0.1, 0.15) is 73.3 Å². The molecule has 1 amide bonds. The van der Waals surface area contributed by atoms with Crippen molar-refractivity contribution < 1.29 is 4.79 Å². The largest absolute Gasteiger partial charge is 0.346 e. The second-order valence-electron chi connectivity index (χ2n) is 8.53. The molecular formula is C26H35N3O. The first kappa shape index (κ1) is 22.1. The van der Waals surface area contributed by atoms with Crippen LogP contribution in [0.3, 0.4) is 0 Å². The van der Waals surface area contributed by atoms with Crippen LogP contribution in [0.2, 0.25) is 0 Å². The minimum Gasteiger partial charge on any atom is -0.346 e. The Morgan fingerprint density at radius 3 is 2.23 bits per heavy atom. The van der Waals surface area contributed by atoms with E-state index < -0.39 is 0 Å². The predicted octanol–water partition coefficient (Wildman–Crippen LogP) is 5.93. The first-order chi connectivity index (χ1) is 14.3. The van der Waals surface area contributed by atoms with E-state index in [1.165, 1.54) is 27.8 Å². The summed E-state index contributed by atoms with van der Waals surface area (Å²) in [5.41, 5.74) is 8.70. The normalized spacial score (nSPS) is 12.5. The molecule has 1 unspecified atom stereocenters. The van der Waals surface area contributed by atoms with E-state index in [1.807, 2.05) is 19.1 Å². The van der Waals surface area contributed by atoms with Gasteiger partial charge in [0.1, 0.15) is 5.82 Å². The number of amides is 1. The Morgan fingerprint density at radius 1 is 1.03 bits per heavy atom. The topological polar surface area (TPSA) is 46.9 Å². The van der Waals surface area contributed by atoms with Gasteiger partial charge < -0.3 is 9.88 Å². The molecule has 0 aliphatic rings. The fourth-order valence-corrected chi connectivity index (χ4v) is 4.34. The summed E-state index contributed by atoms with van der Waals surface area (Å²) < 4.78 is 2.28. The number of carbonyl (C=O) groups is 1. The summed E-state index contributed by atoms with van der Waals surface area (Å²) >= 11 is 0. The zero-order chi connectivity index (χ0) is 22.0. The highest BCUT2D eigenvalue weighted by Crippen LogP contribution is 2.27. The molecule has 0 fully saturated rings. The van der Waals surface area contributed by atoms with E-state index in [0.29, 0.717) is 0 Å². The van der Waals surface area contributed by atoms with Gasteiger partial charge in [-0.05, 0) is 87.4 Å². The minimum atomic E-state index is -0.156. The van der Waals surface area contributed by atoms with Crippen molar-refractivity contribution in [1.82, 2.24) is 14.9 Å². The van der Waals surface area contributed by atoms with Gasteiger partial charge in [0.2, 0.25) is 5.91 Å². The third-order valence-corrected chi connectivity index (χ3v) is 6.62. The number of rotatable bonds is 7. The third-order valence-electron chi connectivity index (χ3n) is 6.62. The lowest BCUT2D eigenvalue weighted by Crippen LogP contribution is -2.33. The quantitative estimate of drug-likeness (QED) is 0.529. The van der Waals surface area contributed by atoms with E-state index in [1.54, 1.807) is 0 Å². The number of aromatic nitrogens is 2. The number of para-hydroxylation sites is 2. The lowest BCUT2D eigenvalue weighted by Gasteiger charge is -2.21. The van der Waals surface area contributed by atoms with E-state index in [-0.39, 0.29) is 17.9 Å². The van der Waals surface area contributed by atoms with E-state index in [9.17, 15) is 4.79 Å². The molecule has 0 bridgehead atoms. The summed E-state index contributed by atoms with van der Waals surface area (Å²) in [6, 6.07) is 10.3. The van der Waals surface area contributed by atoms with Crippen LogP contribution >= 0.6 is 0 Å². The van der Waals surface area contributed by atoms with Crippen molar-refractivity contribution in [1.29, 1.82) is 0 Å². The fourth-order valence-electron chi connectivity index (χ4n) is 4.34. The molecule has 3 aromatic rings. The Balaban J connectivity index is 2.06. The molecule has 4 heteroatoms. The molecule has 1 atom stereocenters. The van der Waals surface area contributed by atoms with Crippen LogP contribution < -0.4 is 5.32 Å². The smallest absolute Gasteiger partial charge is 0.223 e. The van der Waals surface area contributed by atoms with Crippen LogP contribution in [0.25, 0.3) is 11.0 Å². The lowest BCUT2D eigenvalue weighted by atomic mass is 9.94. The molecule has 2 aromatic carbocycles. The number of benzene rings is 2. The molecule has 3 rings (SSSR count). The number of nitrogens with one attached hydrogen (secondary N) is 1. The SMILES string of the molecule is CCC(CC)C(=O)NC(C)c1nc2ccccc2n1Cc1c(C)c(C)cc(C)c1C. The summed E-state index contributed by atoms with van der Waals surface area (Å²) in [5.74, 6) is 1.08. The number of hydrogen-bond donors (Lipinski definition) is 1. The molecule has 1 N–H and O–H groups in total. The molecule has 30 heavy (non-hydrogen) atoms. The lowest BCUT2D eigenvalue weighted by molar-refractivity contribution is -0.125. The number of nitrogens with zero attached hydrogens (tertiary/aromatic N) is 2. The van der Waals surface area contributed by atoms with Gasteiger partial charge in [-0.25, -0.2) is 4.98 Å². The molecule has 4 nitrogen and oxygen atoms in total. The highest BCUT2D eigenvalue weighted by atomic mass is 16.1. The molecule has 0 radical (unpaired) electrons. The molecule has 1 heterocycles. The van der Waals surface area contributed by atoms with Gasteiger partial charge in [-0.1, -0.05) is 32.0 Å². The fraction of sp³-hybridized carbons (Fsp3) is 0.462. The van der Waals surface area contributed by atoms with Crippen LogP contribution in [-0.2, 0) is 11.3 Å². The molecule has 0 saturated heterocycles. The number of fused-ring (bicyclic) bond motifs is 1. The Labute approximate surface area is 180 Å². The average molecular weight is 406 g/mol. The van der Waals surface area contributed by atoms with Crippen molar-refractivity contribution in [3.63, 3.8) is 0 Å². The standard InChI is InChI=1S/C26H35N3O/c1-8-21(9-2)26(30)27-20(7)25-28-23-12-10-11-13-24(23)29(25)15-22-18(5)16(3)14-17(4)19(22)6/h10-14,20-21H,8-9,15H2,1-7H3,(H,27,30). The van der Waals surface area contributed by atoms with Crippen molar-refractivity contribution in [2.75, 3.05) is 0 Å². The Kier molecular flexibility index (Phi) is 6.64. The molecule has 0 spiro atoms. The second-order valence-corrected chi connectivity index (χ2v) is 8.53. The van der Waals surface area contributed by atoms with Gasteiger partial charge in [0, 0.05) is 12.5 Å². The third kappa shape index (κ3) is 4.14. The van der Waals surface area contributed by atoms with Crippen LogP contribution in [0.15, 0.2) is 30.3 Å². The van der Waals surface area contributed by atoms with Crippen LogP contribution in [0.5, 0.6) is 0 Å². The summed E-state index contributed by atoms with van der Waals surface area (Å²) in [6.07, 6.45) is 1.71. The Hall–Kier alpha value is -2.62. The molecule has 1 aromatic heterocycles. The minimum absolute atomic E-state index is 0.0502. The maximum Gasteiger partial charge on any atom is 0.223 e. The van der Waals surface area contributed by atoms with E-state index >= 15 is 0 Å².